The smallest absolute Gasteiger partial charge is 0.0994 e. The number of aliphatic hydroxyl groups excluding tert-OH is 1. The first-order valence-electron chi connectivity index (χ1n) is 8.20. The van der Waals surface area contributed by atoms with Gasteiger partial charge < -0.3 is 9.51 Å². The van der Waals surface area contributed by atoms with Crippen LogP contribution in [0.15, 0.2) is 36.8 Å². The Morgan fingerprint density at radius 2 is 2.18 bits per heavy atom. The predicted molar refractivity (Wildman–Crippen MR) is 88.6 cm³/mol. The third-order valence-corrected chi connectivity index (χ3v) is 5.38. The maximum atomic E-state index is 10.1. The van der Waals surface area contributed by atoms with Gasteiger partial charge >= 0.3 is 0 Å². The minimum atomic E-state index is 0.202. The Kier molecular flexibility index (Phi) is 3.38. The maximum absolute atomic E-state index is 10.1. The lowest BCUT2D eigenvalue weighted by Gasteiger charge is -2.30. The number of imidazole rings is 1. The van der Waals surface area contributed by atoms with Crippen molar-refractivity contribution in [2.75, 3.05) is 6.61 Å². The number of aromatic nitrogens is 2. The summed E-state index contributed by atoms with van der Waals surface area (Å²) in [5.41, 5.74) is 5.20. The Balaban J connectivity index is 1.82. The van der Waals surface area contributed by atoms with E-state index in [0.29, 0.717) is 5.92 Å². The van der Waals surface area contributed by atoms with Gasteiger partial charge in [0.2, 0.25) is 0 Å². The molecule has 0 bridgehead atoms. The molecule has 2 aliphatic carbocycles. The normalized spacial score (nSPS) is 20.1. The van der Waals surface area contributed by atoms with Crippen molar-refractivity contribution >= 4 is 11.6 Å². The second kappa shape index (κ2) is 5.40. The number of nitrogens with zero attached hydrogens (tertiary/aromatic N) is 2. The lowest BCUT2D eigenvalue weighted by atomic mass is 9.76. The van der Waals surface area contributed by atoms with Crippen LogP contribution in [0.1, 0.15) is 42.9 Å². The molecule has 0 radical (unpaired) electrons. The first kappa shape index (κ1) is 13.8. The van der Waals surface area contributed by atoms with E-state index >= 15 is 0 Å². The van der Waals surface area contributed by atoms with Crippen LogP contribution in [0.3, 0.4) is 0 Å². The number of hydrogen-bond acceptors (Lipinski definition) is 2. The Morgan fingerprint density at radius 3 is 2.95 bits per heavy atom. The Hall–Kier alpha value is -1.87. The first-order valence-corrected chi connectivity index (χ1v) is 8.20. The van der Waals surface area contributed by atoms with E-state index in [1.807, 2.05) is 12.5 Å². The Bertz CT molecular complexity index is 789. The molecule has 4 rings (SSSR count). The van der Waals surface area contributed by atoms with Gasteiger partial charge in [-0.2, -0.15) is 0 Å². The van der Waals surface area contributed by atoms with Crippen LogP contribution in [0.2, 0.25) is 0 Å². The monoisotopic (exact) mass is 294 g/mol. The van der Waals surface area contributed by atoms with Gasteiger partial charge in [0.05, 0.1) is 24.6 Å². The molecule has 0 amide bonds. The van der Waals surface area contributed by atoms with E-state index in [2.05, 4.69) is 34.2 Å². The van der Waals surface area contributed by atoms with Crippen LogP contribution in [-0.4, -0.2) is 21.1 Å². The molecule has 2 heterocycles. The molecule has 0 saturated heterocycles. The molecule has 2 aliphatic rings. The molecular formula is C19H22N2O. The third kappa shape index (κ3) is 2.03. The fraction of sp³-hybridized carbons (Fsp3) is 0.421. The van der Waals surface area contributed by atoms with Gasteiger partial charge in [0.25, 0.3) is 0 Å². The van der Waals surface area contributed by atoms with Crippen LogP contribution in [-0.2, 0) is 6.42 Å². The zero-order valence-electron chi connectivity index (χ0n) is 12.8. The zero-order valence-corrected chi connectivity index (χ0v) is 12.8. The zero-order chi connectivity index (χ0) is 15.1. The van der Waals surface area contributed by atoms with Crippen LogP contribution in [0.25, 0.3) is 11.6 Å². The van der Waals surface area contributed by atoms with Crippen molar-refractivity contribution < 1.29 is 5.11 Å². The Labute approximate surface area is 130 Å². The lowest BCUT2D eigenvalue weighted by Crippen LogP contribution is -2.23. The van der Waals surface area contributed by atoms with Gasteiger partial charge in [0, 0.05) is 16.8 Å². The molecule has 0 aliphatic heterocycles. The fourth-order valence-electron chi connectivity index (χ4n) is 4.19. The van der Waals surface area contributed by atoms with Gasteiger partial charge in [0.1, 0.15) is 0 Å². The minimum Gasteiger partial charge on any atom is -0.396 e. The largest absolute Gasteiger partial charge is 0.396 e. The molecule has 3 nitrogen and oxygen atoms in total. The maximum Gasteiger partial charge on any atom is 0.0994 e. The third-order valence-electron chi connectivity index (χ3n) is 5.38. The van der Waals surface area contributed by atoms with Crippen LogP contribution in [0, 0.1) is 5.92 Å². The van der Waals surface area contributed by atoms with E-state index in [1.165, 1.54) is 27.6 Å². The molecule has 22 heavy (non-hydrogen) atoms. The fourth-order valence-corrected chi connectivity index (χ4v) is 4.19. The number of aliphatic hydroxyl groups is 1. The molecule has 1 atom stereocenters. The van der Waals surface area contributed by atoms with E-state index < -0.39 is 0 Å². The quantitative estimate of drug-likeness (QED) is 0.884. The van der Waals surface area contributed by atoms with Gasteiger partial charge in [0.15, 0.2) is 0 Å². The van der Waals surface area contributed by atoms with Crippen LogP contribution >= 0.6 is 0 Å². The highest BCUT2D eigenvalue weighted by Crippen LogP contribution is 2.38. The van der Waals surface area contributed by atoms with Crippen molar-refractivity contribution in [3.63, 3.8) is 0 Å². The van der Waals surface area contributed by atoms with Crippen LogP contribution < -0.4 is 5.22 Å². The molecule has 114 valence electrons. The number of fused-ring (bicyclic) bond motifs is 3. The summed E-state index contributed by atoms with van der Waals surface area (Å²) >= 11 is 0. The summed E-state index contributed by atoms with van der Waals surface area (Å²) in [5.74, 6) is 0.743. The van der Waals surface area contributed by atoms with E-state index in [-0.39, 0.29) is 12.5 Å². The summed E-state index contributed by atoms with van der Waals surface area (Å²) in [6, 6.07) is 0. The van der Waals surface area contributed by atoms with Gasteiger partial charge in [-0.1, -0.05) is 30.4 Å². The molecule has 1 saturated carbocycles. The van der Waals surface area contributed by atoms with Gasteiger partial charge in [-0.25, -0.2) is 4.98 Å². The molecule has 1 unspecified atom stereocenters. The summed E-state index contributed by atoms with van der Waals surface area (Å²) in [6.07, 6.45) is 15.8. The van der Waals surface area contributed by atoms with E-state index in [1.54, 1.807) is 0 Å². The van der Waals surface area contributed by atoms with Crippen LogP contribution in [0.5, 0.6) is 0 Å². The first-order chi connectivity index (χ1) is 10.8. The lowest BCUT2D eigenvalue weighted by molar-refractivity contribution is 0.202. The van der Waals surface area contributed by atoms with Crippen molar-refractivity contribution in [2.24, 2.45) is 5.92 Å². The number of rotatable bonds is 3. The highest BCUT2D eigenvalue weighted by atomic mass is 16.3. The van der Waals surface area contributed by atoms with Crippen molar-refractivity contribution in [3.05, 3.63) is 53.3 Å². The summed E-state index contributed by atoms with van der Waals surface area (Å²) in [4.78, 5) is 4.33. The molecule has 1 N–H and O–H groups in total. The van der Waals surface area contributed by atoms with Gasteiger partial charge in [-0.15, -0.1) is 0 Å². The van der Waals surface area contributed by atoms with Crippen molar-refractivity contribution in [1.29, 1.82) is 0 Å². The molecule has 0 spiro atoms. The molecule has 0 aromatic carbocycles. The molecular weight excluding hydrogens is 272 g/mol. The molecule has 2 aromatic rings. The molecule has 1 fully saturated rings. The Morgan fingerprint density at radius 1 is 1.36 bits per heavy atom. The summed E-state index contributed by atoms with van der Waals surface area (Å²) < 4.78 is 2.21. The topological polar surface area (TPSA) is 37.5 Å². The van der Waals surface area contributed by atoms with Crippen molar-refractivity contribution in [1.82, 2.24) is 9.38 Å². The highest BCUT2D eigenvalue weighted by Gasteiger charge is 2.30. The number of allylic oxidation sites excluding steroid dienone is 3. The van der Waals surface area contributed by atoms with E-state index in [9.17, 15) is 5.11 Å². The summed E-state index contributed by atoms with van der Waals surface area (Å²) in [7, 11) is 0. The number of hydrogen-bond donors (Lipinski definition) is 1. The SMILES string of the molecule is C=C1CCC(C(CO)c2c3c(c4cncn24)=CC=CC3)CC1. The molecule has 3 heteroatoms. The van der Waals surface area contributed by atoms with Gasteiger partial charge in [-0.05, 0) is 43.6 Å². The van der Waals surface area contributed by atoms with E-state index in [0.717, 1.165) is 32.1 Å². The second-order valence-corrected chi connectivity index (χ2v) is 6.60. The van der Waals surface area contributed by atoms with Gasteiger partial charge in [-0.3, -0.25) is 0 Å². The predicted octanol–water partition coefficient (Wildman–Crippen LogP) is 2.77. The highest BCUT2D eigenvalue weighted by molar-refractivity contribution is 5.63. The second-order valence-electron chi connectivity index (χ2n) is 6.60. The summed E-state index contributed by atoms with van der Waals surface area (Å²) in [5, 5.41) is 11.4. The standard InChI is InChI=1S/C19H22N2O/c1-13-6-8-14(9-7-13)17(11-22)19-16-5-3-2-4-15(16)18-10-20-12-21(18)19/h2-4,10,12,14,17,22H,1,5-9,11H2. The van der Waals surface area contributed by atoms with Crippen LogP contribution in [0.4, 0.5) is 0 Å². The average Bonchev–Trinajstić information content (AvgIpc) is 3.12. The summed E-state index contributed by atoms with van der Waals surface area (Å²) in [6.45, 7) is 4.33. The average molecular weight is 294 g/mol. The van der Waals surface area contributed by atoms with Crippen molar-refractivity contribution in [2.45, 2.75) is 38.0 Å². The van der Waals surface area contributed by atoms with Crippen molar-refractivity contribution in [3.8, 4) is 0 Å². The molecule has 2 aromatic heterocycles. The van der Waals surface area contributed by atoms with E-state index in [4.69, 9.17) is 0 Å². The minimum absolute atomic E-state index is 0.202.